The number of amides is 2. The van der Waals surface area contributed by atoms with E-state index in [9.17, 15) is 9.59 Å². The Morgan fingerprint density at radius 2 is 1.72 bits per heavy atom. The van der Waals surface area contributed by atoms with Gasteiger partial charge in [-0.05, 0) is 43.3 Å². The first-order valence-corrected chi connectivity index (χ1v) is 10.9. The molecule has 164 valence electrons. The summed E-state index contributed by atoms with van der Waals surface area (Å²) in [4.78, 5) is 41.1. The predicted octanol–water partition coefficient (Wildman–Crippen LogP) is 2.86. The lowest BCUT2D eigenvalue weighted by molar-refractivity contribution is -0.124. The first kappa shape index (κ1) is 20.2. The van der Waals surface area contributed by atoms with Crippen molar-refractivity contribution in [2.24, 2.45) is 5.92 Å². The first-order valence-electron chi connectivity index (χ1n) is 10.9. The summed E-state index contributed by atoms with van der Waals surface area (Å²) in [6, 6.07) is 15.1. The molecule has 0 bridgehead atoms. The number of anilines is 3. The summed E-state index contributed by atoms with van der Waals surface area (Å²) in [7, 11) is 1.96. The van der Waals surface area contributed by atoms with Crippen molar-refractivity contribution in [1.82, 2.24) is 9.97 Å². The van der Waals surface area contributed by atoms with Crippen molar-refractivity contribution in [2.75, 3.05) is 48.0 Å². The second kappa shape index (κ2) is 8.11. The molecule has 2 aromatic carbocycles. The number of benzene rings is 2. The van der Waals surface area contributed by atoms with E-state index in [1.165, 1.54) is 0 Å². The number of likely N-dealkylation sites (N-methyl/N-ethyl adjacent to an activating group) is 1. The summed E-state index contributed by atoms with van der Waals surface area (Å²) in [5.41, 5.74) is 2.32. The molecule has 1 aromatic heterocycles. The minimum absolute atomic E-state index is 0.0496. The van der Waals surface area contributed by atoms with E-state index in [0.29, 0.717) is 37.9 Å². The van der Waals surface area contributed by atoms with Gasteiger partial charge in [-0.3, -0.25) is 14.5 Å². The smallest absolute Gasteiger partial charge is 0.233 e. The van der Waals surface area contributed by atoms with Gasteiger partial charge >= 0.3 is 0 Å². The lowest BCUT2D eigenvalue weighted by Gasteiger charge is -2.34. The zero-order valence-corrected chi connectivity index (χ0v) is 18.2. The number of carbonyl (C=O) groups excluding carboxylic acids is 2. The Morgan fingerprint density at radius 1 is 1.03 bits per heavy atom. The normalized spacial score (nSPS) is 18.2. The maximum absolute atomic E-state index is 13.5. The zero-order chi connectivity index (χ0) is 22.2. The van der Waals surface area contributed by atoms with Crippen molar-refractivity contribution < 1.29 is 14.3 Å². The molecule has 0 N–H and O–H groups in total. The van der Waals surface area contributed by atoms with Crippen molar-refractivity contribution in [2.45, 2.75) is 13.3 Å². The molecule has 8 heteroatoms. The van der Waals surface area contributed by atoms with Gasteiger partial charge in [-0.15, -0.1) is 0 Å². The molecule has 3 heterocycles. The lowest BCUT2D eigenvalue weighted by atomic mass is 10.1. The topological polar surface area (TPSA) is 78.9 Å². The Labute approximate surface area is 186 Å². The van der Waals surface area contributed by atoms with Crippen LogP contribution >= 0.6 is 0 Å². The summed E-state index contributed by atoms with van der Waals surface area (Å²) in [5.74, 6) is 1.47. The van der Waals surface area contributed by atoms with Crippen molar-refractivity contribution >= 4 is 40.2 Å². The van der Waals surface area contributed by atoms with Gasteiger partial charge in [0.25, 0.3) is 0 Å². The molecular formula is C24H25N5O3. The van der Waals surface area contributed by atoms with E-state index in [1.807, 2.05) is 67.4 Å². The number of aromatic nitrogens is 2. The van der Waals surface area contributed by atoms with E-state index in [2.05, 4.69) is 0 Å². The second-order valence-corrected chi connectivity index (χ2v) is 8.10. The van der Waals surface area contributed by atoms with Crippen LogP contribution in [0.5, 0.6) is 5.75 Å². The highest BCUT2D eigenvalue weighted by molar-refractivity contribution is 6.05. The van der Waals surface area contributed by atoms with E-state index in [-0.39, 0.29) is 18.2 Å². The molecule has 2 aliphatic rings. The summed E-state index contributed by atoms with van der Waals surface area (Å²) in [6.45, 7) is 4.05. The number of rotatable bonds is 4. The average molecular weight is 431 g/mol. The van der Waals surface area contributed by atoms with Crippen molar-refractivity contribution in [3.63, 3.8) is 0 Å². The maximum Gasteiger partial charge on any atom is 0.233 e. The van der Waals surface area contributed by atoms with Crippen LogP contribution in [-0.2, 0) is 9.59 Å². The van der Waals surface area contributed by atoms with Gasteiger partial charge in [0.2, 0.25) is 11.8 Å². The minimum atomic E-state index is -0.418. The number of carbonyl (C=O) groups is 2. The Kier molecular flexibility index (Phi) is 5.13. The van der Waals surface area contributed by atoms with Crippen molar-refractivity contribution in [1.29, 1.82) is 0 Å². The molecule has 2 aliphatic heterocycles. The van der Waals surface area contributed by atoms with Crippen LogP contribution in [0.3, 0.4) is 0 Å². The second-order valence-electron chi connectivity index (χ2n) is 8.10. The molecule has 0 spiro atoms. The summed E-state index contributed by atoms with van der Waals surface area (Å²) in [6.07, 6.45) is 0.189. The van der Waals surface area contributed by atoms with Crippen LogP contribution in [0, 0.1) is 5.92 Å². The average Bonchev–Trinajstić information content (AvgIpc) is 3.20. The first-order chi connectivity index (χ1) is 15.5. The third-order valence-electron chi connectivity index (χ3n) is 6.01. The fourth-order valence-corrected chi connectivity index (χ4v) is 4.33. The van der Waals surface area contributed by atoms with Gasteiger partial charge in [0.05, 0.1) is 23.6 Å². The van der Waals surface area contributed by atoms with E-state index in [0.717, 1.165) is 22.5 Å². The molecule has 0 aliphatic carbocycles. The Hall–Kier alpha value is -3.68. The third-order valence-corrected chi connectivity index (χ3v) is 6.01. The molecule has 1 unspecified atom stereocenters. The monoisotopic (exact) mass is 431 g/mol. The van der Waals surface area contributed by atoms with Crippen molar-refractivity contribution in [3.05, 3.63) is 48.5 Å². The quantitative estimate of drug-likeness (QED) is 0.632. The molecule has 32 heavy (non-hydrogen) atoms. The molecule has 5 rings (SSSR count). The zero-order valence-electron chi connectivity index (χ0n) is 18.2. The molecule has 1 fully saturated rings. The van der Waals surface area contributed by atoms with Gasteiger partial charge in [-0.1, -0.05) is 12.1 Å². The third kappa shape index (κ3) is 3.51. The predicted molar refractivity (Wildman–Crippen MR) is 123 cm³/mol. The fourth-order valence-electron chi connectivity index (χ4n) is 4.33. The largest absolute Gasteiger partial charge is 0.494 e. The number of nitrogens with zero attached hydrogens (tertiary/aromatic N) is 5. The van der Waals surface area contributed by atoms with Gasteiger partial charge < -0.3 is 14.5 Å². The highest BCUT2D eigenvalue weighted by Gasteiger charge is 2.40. The van der Waals surface area contributed by atoms with Gasteiger partial charge in [0.15, 0.2) is 11.6 Å². The Morgan fingerprint density at radius 3 is 2.41 bits per heavy atom. The van der Waals surface area contributed by atoms with Gasteiger partial charge in [0, 0.05) is 38.8 Å². The summed E-state index contributed by atoms with van der Waals surface area (Å²) in [5, 5.41) is 0. The number of hydrogen-bond acceptors (Lipinski definition) is 6. The van der Waals surface area contributed by atoms with Gasteiger partial charge in [-0.25, -0.2) is 9.97 Å². The highest BCUT2D eigenvalue weighted by atomic mass is 16.5. The van der Waals surface area contributed by atoms with E-state index in [1.54, 1.807) is 9.80 Å². The van der Waals surface area contributed by atoms with Crippen LogP contribution in [0.15, 0.2) is 48.5 Å². The minimum Gasteiger partial charge on any atom is -0.494 e. The Bertz CT molecular complexity index is 1180. The molecular weight excluding hydrogens is 406 g/mol. The summed E-state index contributed by atoms with van der Waals surface area (Å²) >= 11 is 0. The number of ether oxygens (including phenoxy) is 1. The van der Waals surface area contributed by atoms with Crippen molar-refractivity contribution in [3.8, 4) is 5.75 Å². The number of hydrogen-bond donors (Lipinski definition) is 0. The van der Waals surface area contributed by atoms with E-state index < -0.39 is 5.92 Å². The van der Waals surface area contributed by atoms with E-state index >= 15 is 0 Å². The number of para-hydroxylation sites is 2. The van der Waals surface area contributed by atoms with Crippen LogP contribution in [0.1, 0.15) is 13.3 Å². The molecule has 3 aromatic rings. The lowest BCUT2D eigenvalue weighted by Crippen LogP contribution is -2.46. The maximum atomic E-state index is 13.5. The van der Waals surface area contributed by atoms with Crippen LogP contribution < -0.4 is 19.4 Å². The molecule has 1 saturated heterocycles. The molecule has 0 saturated carbocycles. The molecule has 2 amide bonds. The van der Waals surface area contributed by atoms with Crippen LogP contribution in [-0.4, -0.2) is 55.1 Å². The van der Waals surface area contributed by atoms with Crippen LogP contribution in [0.2, 0.25) is 0 Å². The van der Waals surface area contributed by atoms with E-state index in [4.69, 9.17) is 14.7 Å². The van der Waals surface area contributed by atoms with Gasteiger partial charge in [-0.2, -0.15) is 0 Å². The highest BCUT2D eigenvalue weighted by Crippen LogP contribution is 2.34. The van der Waals surface area contributed by atoms with Crippen LogP contribution in [0.25, 0.3) is 11.0 Å². The fraction of sp³-hybridized carbons (Fsp3) is 0.333. The number of fused-ring (bicyclic) bond motifs is 2. The SMILES string of the molecule is CCOc1ccc(N2CC(C(=O)N3CCN(C)c4nc5ccccc5nc43)CC2=O)cc1. The standard InChI is InChI=1S/C24H25N5O3/c1-3-32-18-10-8-17(9-11-18)29-15-16(14-21(29)30)24(31)28-13-12-27(2)22-23(28)26-20-7-5-4-6-19(20)25-22/h4-11,16H,3,12-15H2,1-2H3. The molecule has 8 nitrogen and oxygen atoms in total. The van der Waals surface area contributed by atoms with Gasteiger partial charge in [0.1, 0.15) is 5.75 Å². The molecule has 1 atom stereocenters. The Balaban J connectivity index is 1.40. The van der Waals surface area contributed by atoms with Crippen LogP contribution in [0.4, 0.5) is 17.3 Å². The molecule has 0 radical (unpaired) electrons. The summed E-state index contributed by atoms with van der Waals surface area (Å²) < 4.78 is 5.48.